The Balaban J connectivity index is 2.68. The molecule has 0 aromatic carbocycles. The van der Waals surface area contributed by atoms with Crippen LogP contribution in [0.3, 0.4) is 0 Å². The Hall–Kier alpha value is -1.10. The number of carboxylic acids is 1. The van der Waals surface area contributed by atoms with Crippen molar-refractivity contribution in [2.75, 3.05) is 19.6 Å². The van der Waals surface area contributed by atoms with Crippen molar-refractivity contribution in [3.8, 4) is 0 Å². The van der Waals surface area contributed by atoms with Gasteiger partial charge in [0.2, 0.25) is 5.91 Å². The summed E-state index contributed by atoms with van der Waals surface area (Å²) in [7, 11) is 0. The molecule has 5 heteroatoms. The van der Waals surface area contributed by atoms with Crippen molar-refractivity contribution in [2.24, 2.45) is 17.8 Å². The third-order valence-corrected chi connectivity index (χ3v) is 3.42. The van der Waals surface area contributed by atoms with Crippen molar-refractivity contribution in [1.29, 1.82) is 0 Å². The Morgan fingerprint density at radius 3 is 2.37 bits per heavy atom. The highest BCUT2D eigenvalue weighted by Crippen LogP contribution is 2.19. The molecule has 5 nitrogen and oxygen atoms in total. The molecule has 0 aromatic rings. The summed E-state index contributed by atoms with van der Waals surface area (Å²) in [6, 6.07) is 0.0833. The van der Waals surface area contributed by atoms with Crippen LogP contribution in [0.15, 0.2) is 0 Å². The molecular formula is C14H26N2O3. The van der Waals surface area contributed by atoms with Crippen LogP contribution in [-0.2, 0) is 9.59 Å². The average molecular weight is 270 g/mol. The number of rotatable bonds is 5. The summed E-state index contributed by atoms with van der Waals surface area (Å²) < 4.78 is 0. The van der Waals surface area contributed by atoms with Gasteiger partial charge in [0, 0.05) is 25.0 Å². The lowest BCUT2D eigenvalue weighted by Gasteiger charge is -2.37. The van der Waals surface area contributed by atoms with E-state index >= 15 is 0 Å². The topological polar surface area (TPSA) is 69.6 Å². The van der Waals surface area contributed by atoms with Gasteiger partial charge in [-0.15, -0.1) is 0 Å². The van der Waals surface area contributed by atoms with E-state index in [1.807, 2.05) is 13.8 Å². The Bertz CT molecular complexity index is 329. The number of hydrogen-bond donors (Lipinski definition) is 2. The van der Waals surface area contributed by atoms with Gasteiger partial charge in [-0.1, -0.05) is 27.7 Å². The number of amides is 1. The van der Waals surface area contributed by atoms with Crippen molar-refractivity contribution < 1.29 is 14.7 Å². The maximum absolute atomic E-state index is 12.1. The standard InChI is InChI=1S/C14H26N2O3/c1-9(2)6-15-12-5-11(14(18)19)7-16(8-12)13(17)10(3)4/h9-12,15H,5-8H2,1-4H3,(H,18,19). The molecule has 1 fully saturated rings. The van der Waals surface area contributed by atoms with Gasteiger partial charge in [-0.05, 0) is 18.9 Å². The molecule has 1 aliphatic heterocycles. The molecule has 0 saturated carbocycles. The molecule has 19 heavy (non-hydrogen) atoms. The number of hydrogen-bond acceptors (Lipinski definition) is 3. The van der Waals surface area contributed by atoms with Gasteiger partial charge in [-0.2, -0.15) is 0 Å². The van der Waals surface area contributed by atoms with E-state index in [0.717, 1.165) is 6.54 Å². The summed E-state index contributed by atoms with van der Waals surface area (Å²) in [5, 5.41) is 12.6. The monoisotopic (exact) mass is 270 g/mol. The number of nitrogens with one attached hydrogen (secondary N) is 1. The fourth-order valence-corrected chi connectivity index (χ4v) is 2.37. The van der Waals surface area contributed by atoms with E-state index in [-0.39, 0.29) is 17.9 Å². The third kappa shape index (κ3) is 4.82. The lowest BCUT2D eigenvalue weighted by atomic mass is 9.93. The second kappa shape index (κ2) is 6.89. The number of aliphatic carboxylic acids is 1. The first-order valence-corrected chi connectivity index (χ1v) is 7.06. The van der Waals surface area contributed by atoms with Gasteiger partial charge in [-0.25, -0.2) is 0 Å². The zero-order chi connectivity index (χ0) is 14.6. The fourth-order valence-electron chi connectivity index (χ4n) is 2.37. The van der Waals surface area contributed by atoms with E-state index < -0.39 is 11.9 Å². The Labute approximate surface area is 115 Å². The maximum Gasteiger partial charge on any atom is 0.308 e. The smallest absolute Gasteiger partial charge is 0.308 e. The minimum absolute atomic E-state index is 0.0438. The first kappa shape index (κ1) is 16.0. The predicted octanol–water partition coefficient (Wildman–Crippen LogP) is 1.19. The van der Waals surface area contributed by atoms with Crippen LogP contribution in [0, 0.1) is 17.8 Å². The van der Waals surface area contributed by atoms with Gasteiger partial charge in [-0.3, -0.25) is 9.59 Å². The number of likely N-dealkylation sites (tertiary alicyclic amines) is 1. The molecule has 0 aromatic heterocycles. The Morgan fingerprint density at radius 1 is 1.26 bits per heavy atom. The number of carboxylic acid groups (broad SMARTS) is 1. The molecule has 2 unspecified atom stereocenters. The van der Waals surface area contributed by atoms with Crippen LogP contribution in [0.2, 0.25) is 0 Å². The van der Waals surface area contributed by atoms with Crippen LogP contribution in [0.4, 0.5) is 0 Å². The molecular weight excluding hydrogens is 244 g/mol. The second-order valence-corrected chi connectivity index (χ2v) is 6.17. The van der Waals surface area contributed by atoms with Crippen molar-refractivity contribution in [1.82, 2.24) is 10.2 Å². The number of nitrogens with zero attached hydrogens (tertiary/aromatic N) is 1. The summed E-state index contributed by atoms with van der Waals surface area (Å²) in [5.41, 5.74) is 0. The minimum Gasteiger partial charge on any atom is -0.481 e. The zero-order valence-corrected chi connectivity index (χ0v) is 12.3. The van der Waals surface area contributed by atoms with Gasteiger partial charge < -0.3 is 15.3 Å². The van der Waals surface area contributed by atoms with E-state index in [1.54, 1.807) is 4.90 Å². The lowest BCUT2D eigenvalue weighted by molar-refractivity contribution is -0.147. The minimum atomic E-state index is -0.808. The highest BCUT2D eigenvalue weighted by atomic mass is 16.4. The summed E-state index contributed by atoms with van der Waals surface area (Å²) in [6.07, 6.45) is 0.601. The number of piperidine rings is 1. The molecule has 1 rings (SSSR count). The lowest BCUT2D eigenvalue weighted by Crippen LogP contribution is -2.54. The van der Waals surface area contributed by atoms with Crippen LogP contribution < -0.4 is 5.32 Å². The van der Waals surface area contributed by atoms with E-state index in [0.29, 0.717) is 25.4 Å². The zero-order valence-electron chi connectivity index (χ0n) is 12.3. The first-order chi connectivity index (χ1) is 8.81. The van der Waals surface area contributed by atoms with Crippen LogP contribution in [-0.4, -0.2) is 47.6 Å². The van der Waals surface area contributed by atoms with Crippen molar-refractivity contribution >= 4 is 11.9 Å². The quantitative estimate of drug-likeness (QED) is 0.787. The second-order valence-electron chi connectivity index (χ2n) is 6.17. The van der Waals surface area contributed by atoms with Gasteiger partial charge in [0.25, 0.3) is 0 Å². The van der Waals surface area contributed by atoms with Crippen molar-refractivity contribution in [3.05, 3.63) is 0 Å². The maximum atomic E-state index is 12.1. The molecule has 0 radical (unpaired) electrons. The molecule has 1 aliphatic rings. The average Bonchev–Trinajstić information content (AvgIpc) is 2.34. The Morgan fingerprint density at radius 2 is 1.89 bits per heavy atom. The van der Waals surface area contributed by atoms with E-state index in [2.05, 4.69) is 19.2 Å². The van der Waals surface area contributed by atoms with Gasteiger partial charge in [0.15, 0.2) is 0 Å². The molecule has 0 aliphatic carbocycles. The molecule has 0 bridgehead atoms. The number of carbonyl (C=O) groups excluding carboxylic acids is 1. The largest absolute Gasteiger partial charge is 0.481 e. The molecule has 1 saturated heterocycles. The summed E-state index contributed by atoms with van der Waals surface area (Å²) in [4.78, 5) is 25.0. The highest BCUT2D eigenvalue weighted by Gasteiger charge is 2.34. The van der Waals surface area contributed by atoms with Crippen LogP contribution in [0.5, 0.6) is 0 Å². The third-order valence-electron chi connectivity index (χ3n) is 3.42. The van der Waals surface area contributed by atoms with Gasteiger partial charge in [0.1, 0.15) is 0 Å². The van der Waals surface area contributed by atoms with Gasteiger partial charge >= 0.3 is 5.97 Å². The van der Waals surface area contributed by atoms with Crippen molar-refractivity contribution in [2.45, 2.75) is 40.2 Å². The summed E-state index contributed by atoms with van der Waals surface area (Å²) in [5.74, 6) is -0.793. The fraction of sp³-hybridized carbons (Fsp3) is 0.857. The molecule has 1 amide bonds. The van der Waals surface area contributed by atoms with E-state index in [1.165, 1.54) is 0 Å². The van der Waals surface area contributed by atoms with Crippen LogP contribution in [0.25, 0.3) is 0 Å². The van der Waals surface area contributed by atoms with Gasteiger partial charge in [0.05, 0.1) is 5.92 Å². The Kier molecular flexibility index (Phi) is 5.79. The molecule has 1 heterocycles. The SMILES string of the molecule is CC(C)CNC1CC(C(=O)O)CN(C(=O)C(C)C)C1. The molecule has 110 valence electrons. The molecule has 2 atom stereocenters. The van der Waals surface area contributed by atoms with Crippen LogP contribution in [0.1, 0.15) is 34.1 Å². The van der Waals surface area contributed by atoms with E-state index in [9.17, 15) is 14.7 Å². The summed E-state index contributed by atoms with van der Waals surface area (Å²) in [6.45, 7) is 9.73. The first-order valence-electron chi connectivity index (χ1n) is 7.06. The van der Waals surface area contributed by atoms with E-state index in [4.69, 9.17) is 0 Å². The normalized spacial score (nSPS) is 24.0. The molecule has 0 spiro atoms. The summed E-state index contributed by atoms with van der Waals surface area (Å²) >= 11 is 0. The predicted molar refractivity (Wildman–Crippen MR) is 73.8 cm³/mol. The van der Waals surface area contributed by atoms with Crippen molar-refractivity contribution in [3.63, 3.8) is 0 Å². The number of carbonyl (C=O) groups is 2. The van der Waals surface area contributed by atoms with Crippen LogP contribution >= 0.6 is 0 Å². The molecule has 2 N–H and O–H groups in total. The highest BCUT2D eigenvalue weighted by molar-refractivity contribution is 5.79.